The van der Waals surface area contributed by atoms with Gasteiger partial charge in [-0.1, -0.05) is 6.08 Å². The predicted molar refractivity (Wildman–Crippen MR) is 36.8 cm³/mol. The van der Waals surface area contributed by atoms with Crippen molar-refractivity contribution in [2.45, 2.75) is 6.92 Å². The van der Waals surface area contributed by atoms with Gasteiger partial charge in [-0.2, -0.15) is 0 Å². The van der Waals surface area contributed by atoms with Crippen LogP contribution in [-0.2, 0) is 0 Å². The van der Waals surface area contributed by atoms with E-state index in [9.17, 15) is 0 Å². The van der Waals surface area contributed by atoms with Gasteiger partial charge in [0.2, 0.25) is 0 Å². The molecule has 0 N–H and O–H groups in total. The van der Waals surface area contributed by atoms with Gasteiger partial charge in [0.15, 0.2) is 0 Å². The SMILES string of the molecule is CC=Cc1ccns1. The van der Waals surface area contributed by atoms with Crippen molar-refractivity contribution in [1.29, 1.82) is 0 Å². The van der Waals surface area contributed by atoms with Crippen LogP contribution in [0.1, 0.15) is 11.8 Å². The van der Waals surface area contributed by atoms with Gasteiger partial charge in [-0.05, 0) is 30.6 Å². The number of hydrogen-bond acceptors (Lipinski definition) is 2. The average Bonchev–Trinajstić information content (AvgIpc) is 2.19. The second kappa shape index (κ2) is 2.62. The highest BCUT2D eigenvalue weighted by Crippen LogP contribution is 2.05. The minimum atomic E-state index is 1.22. The molecule has 2 heteroatoms. The van der Waals surface area contributed by atoms with Gasteiger partial charge in [0.1, 0.15) is 0 Å². The Balaban J connectivity index is 2.77. The second-order valence-corrected chi connectivity index (χ2v) is 2.28. The Morgan fingerprint density at radius 3 is 3.12 bits per heavy atom. The lowest BCUT2D eigenvalue weighted by Crippen LogP contribution is -1.50. The van der Waals surface area contributed by atoms with Crippen LogP contribution in [0.25, 0.3) is 6.08 Å². The highest BCUT2D eigenvalue weighted by Gasteiger charge is 1.82. The maximum absolute atomic E-state index is 3.93. The quantitative estimate of drug-likeness (QED) is 0.560. The summed E-state index contributed by atoms with van der Waals surface area (Å²) in [4.78, 5) is 1.22. The molecule has 1 aromatic heterocycles. The van der Waals surface area contributed by atoms with Gasteiger partial charge in [-0.3, -0.25) is 0 Å². The molecule has 0 unspecified atom stereocenters. The molecule has 0 radical (unpaired) electrons. The molecule has 0 aromatic carbocycles. The molecule has 0 spiro atoms. The Morgan fingerprint density at radius 2 is 2.62 bits per heavy atom. The minimum Gasteiger partial charge on any atom is -0.201 e. The largest absolute Gasteiger partial charge is 0.201 e. The molecule has 0 amide bonds. The molecule has 42 valence electrons. The van der Waals surface area contributed by atoms with Crippen LogP contribution in [0.15, 0.2) is 18.3 Å². The van der Waals surface area contributed by atoms with Crippen molar-refractivity contribution in [2.75, 3.05) is 0 Å². The lowest BCUT2D eigenvalue weighted by atomic mass is 10.4. The molecule has 0 aliphatic carbocycles. The number of aromatic nitrogens is 1. The number of hydrogen-bond donors (Lipinski definition) is 0. The first-order valence-electron chi connectivity index (χ1n) is 2.47. The van der Waals surface area contributed by atoms with Crippen LogP contribution in [0.3, 0.4) is 0 Å². The van der Waals surface area contributed by atoms with E-state index in [4.69, 9.17) is 0 Å². The fraction of sp³-hybridized carbons (Fsp3) is 0.167. The van der Waals surface area contributed by atoms with E-state index in [1.165, 1.54) is 16.4 Å². The zero-order valence-electron chi connectivity index (χ0n) is 4.66. The molecule has 0 bridgehead atoms. The fourth-order valence-corrected chi connectivity index (χ4v) is 1.04. The molecule has 0 saturated heterocycles. The van der Waals surface area contributed by atoms with E-state index in [1.807, 2.05) is 25.1 Å². The van der Waals surface area contributed by atoms with E-state index in [0.29, 0.717) is 0 Å². The van der Waals surface area contributed by atoms with E-state index < -0.39 is 0 Å². The average molecular weight is 125 g/mol. The molecule has 0 aliphatic rings. The minimum absolute atomic E-state index is 1.22. The van der Waals surface area contributed by atoms with Crippen LogP contribution < -0.4 is 0 Å². The summed E-state index contributed by atoms with van der Waals surface area (Å²) in [5, 5.41) is 0. The van der Waals surface area contributed by atoms with Crippen molar-refractivity contribution in [3.8, 4) is 0 Å². The predicted octanol–water partition coefficient (Wildman–Crippen LogP) is 2.18. The van der Waals surface area contributed by atoms with Gasteiger partial charge < -0.3 is 0 Å². The Hall–Kier alpha value is -0.630. The molecule has 1 aromatic rings. The standard InChI is InChI=1S/C6H7NS/c1-2-3-6-4-5-7-8-6/h2-5H,1H3. The lowest BCUT2D eigenvalue weighted by molar-refractivity contribution is 1.58. The van der Waals surface area contributed by atoms with Crippen LogP contribution >= 0.6 is 11.5 Å². The third kappa shape index (κ3) is 1.17. The first-order chi connectivity index (χ1) is 3.93. The van der Waals surface area contributed by atoms with E-state index in [2.05, 4.69) is 4.37 Å². The molecule has 1 nitrogen and oxygen atoms in total. The van der Waals surface area contributed by atoms with Gasteiger partial charge in [-0.15, -0.1) is 0 Å². The maximum Gasteiger partial charge on any atom is 0.0474 e. The molecule has 1 rings (SSSR count). The zero-order chi connectivity index (χ0) is 5.82. The molecule has 0 aliphatic heterocycles. The van der Waals surface area contributed by atoms with Crippen molar-refractivity contribution in [1.82, 2.24) is 4.37 Å². The van der Waals surface area contributed by atoms with Crippen LogP contribution in [0.2, 0.25) is 0 Å². The molecule has 0 fully saturated rings. The number of nitrogens with zero attached hydrogens (tertiary/aromatic N) is 1. The van der Waals surface area contributed by atoms with E-state index in [-0.39, 0.29) is 0 Å². The summed E-state index contributed by atoms with van der Waals surface area (Å²) in [7, 11) is 0. The molecule has 0 saturated carbocycles. The summed E-state index contributed by atoms with van der Waals surface area (Å²) < 4.78 is 3.93. The first-order valence-corrected chi connectivity index (χ1v) is 3.24. The Bertz CT molecular complexity index is 165. The third-order valence-electron chi connectivity index (χ3n) is 0.789. The summed E-state index contributed by atoms with van der Waals surface area (Å²) in [6.07, 6.45) is 5.85. The maximum atomic E-state index is 3.93. The summed E-state index contributed by atoms with van der Waals surface area (Å²) in [6, 6.07) is 1.99. The number of rotatable bonds is 1. The fourth-order valence-electron chi connectivity index (χ4n) is 0.476. The van der Waals surface area contributed by atoms with Gasteiger partial charge in [0, 0.05) is 11.1 Å². The summed E-state index contributed by atoms with van der Waals surface area (Å²) in [5.74, 6) is 0. The zero-order valence-corrected chi connectivity index (χ0v) is 5.48. The van der Waals surface area contributed by atoms with Crippen molar-refractivity contribution >= 4 is 17.6 Å². The van der Waals surface area contributed by atoms with Gasteiger partial charge in [0.05, 0.1) is 0 Å². The first kappa shape index (κ1) is 5.51. The monoisotopic (exact) mass is 125 g/mol. The highest BCUT2D eigenvalue weighted by molar-refractivity contribution is 7.06. The Kier molecular flexibility index (Phi) is 1.80. The Labute approximate surface area is 52.8 Å². The van der Waals surface area contributed by atoms with Crippen molar-refractivity contribution < 1.29 is 0 Å². The topological polar surface area (TPSA) is 12.9 Å². The van der Waals surface area contributed by atoms with Crippen molar-refractivity contribution in [2.24, 2.45) is 0 Å². The van der Waals surface area contributed by atoms with Crippen LogP contribution in [0, 0.1) is 0 Å². The molecular weight excluding hydrogens is 118 g/mol. The molecule has 0 atom stereocenters. The summed E-state index contributed by atoms with van der Waals surface area (Å²) in [5.41, 5.74) is 0. The second-order valence-electron chi connectivity index (χ2n) is 1.41. The third-order valence-corrected chi connectivity index (χ3v) is 1.50. The van der Waals surface area contributed by atoms with Gasteiger partial charge in [0.25, 0.3) is 0 Å². The van der Waals surface area contributed by atoms with E-state index in [0.717, 1.165) is 0 Å². The molecule has 1 heterocycles. The lowest BCUT2D eigenvalue weighted by Gasteiger charge is -1.72. The van der Waals surface area contributed by atoms with Crippen LogP contribution in [0.5, 0.6) is 0 Å². The van der Waals surface area contributed by atoms with Crippen LogP contribution in [-0.4, -0.2) is 4.37 Å². The Morgan fingerprint density at radius 1 is 1.75 bits per heavy atom. The van der Waals surface area contributed by atoms with Gasteiger partial charge >= 0.3 is 0 Å². The van der Waals surface area contributed by atoms with E-state index >= 15 is 0 Å². The molecule has 8 heavy (non-hydrogen) atoms. The smallest absolute Gasteiger partial charge is 0.0474 e. The van der Waals surface area contributed by atoms with Crippen LogP contribution in [0.4, 0.5) is 0 Å². The van der Waals surface area contributed by atoms with Crippen molar-refractivity contribution in [3.05, 3.63) is 23.2 Å². The number of allylic oxidation sites excluding steroid dienone is 1. The molecular formula is C6H7NS. The summed E-state index contributed by atoms with van der Waals surface area (Å²) >= 11 is 1.51. The van der Waals surface area contributed by atoms with Gasteiger partial charge in [-0.25, -0.2) is 4.37 Å². The summed E-state index contributed by atoms with van der Waals surface area (Å²) in [6.45, 7) is 2.00. The highest BCUT2D eigenvalue weighted by atomic mass is 32.1. The van der Waals surface area contributed by atoms with Crippen molar-refractivity contribution in [3.63, 3.8) is 0 Å². The van der Waals surface area contributed by atoms with E-state index in [1.54, 1.807) is 6.20 Å². The normalized spacial score (nSPS) is 10.6.